The van der Waals surface area contributed by atoms with Crippen LogP contribution in [0.2, 0.25) is 0 Å². The largest absolute Gasteiger partial charge is 0.394 e. The van der Waals surface area contributed by atoms with Gasteiger partial charge in [-0.05, 0) is 20.8 Å². The second kappa shape index (κ2) is 5.34. The number of nitrogens with zero attached hydrogens (tertiary/aromatic N) is 1. The number of nitrogens with one attached hydrogen (secondary N) is 2. The molecular formula is C11H19N3O4. The SMILES string of the molecule is C[C@@H](CO)NC(=O)CCN1C(=O)NC(C)(C)C1=O. The Morgan fingerprint density at radius 3 is 2.56 bits per heavy atom. The predicted octanol–water partition coefficient (Wildman–Crippen LogP) is -0.796. The van der Waals surface area contributed by atoms with E-state index in [1.165, 1.54) is 0 Å². The molecule has 102 valence electrons. The summed E-state index contributed by atoms with van der Waals surface area (Å²) in [4.78, 5) is 35.8. The number of aliphatic hydroxyl groups is 1. The maximum atomic E-state index is 11.8. The first-order chi connectivity index (χ1) is 8.27. The van der Waals surface area contributed by atoms with Crippen molar-refractivity contribution in [1.82, 2.24) is 15.5 Å². The second-order valence-corrected chi connectivity index (χ2v) is 4.91. The molecule has 0 bridgehead atoms. The maximum Gasteiger partial charge on any atom is 0.325 e. The molecule has 1 heterocycles. The van der Waals surface area contributed by atoms with E-state index >= 15 is 0 Å². The number of urea groups is 1. The smallest absolute Gasteiger partial charge is 0.325 e. The molecule has 7 nitrogen and oxygen atoms in total. The van der Waals surface area contributed by atoms with Crippen molar-refractivity contribution < 1.29 is 19.5 Å². The normalized spacial score (nSPS) is 19.7. The van der Waals surface area contributed by atoms with Crippen LogP contribution >= 0.6 is 0 Å². The van der Waals surface area contributed by atoms with Gasteiger partial charge in [0.05, 0.1) is 6.61 Å². The summed E-state index contributed by atoms with van der Waals surface area (Å²) in [6.07, 6.45) is 0.0274. The van der Waals surface area contributed by atoms with Crippen LogP contribution in [0.25, 0.3) is 0 Å². The summed E-state index contributed by atoms with van der Waals surface area (Å²) in [5.41, 5.74) is -0.911. The van der Waals surface area contributed by atoms with Crippen molar-refractivity contribution >= 4 is 17.8 Å². The molecule has 1 saturated heterocycles. The molecule has 1 fully saturated rings. The van der Waals surface area contributed by atoms with Crippen LogP contribution in [0, 0.1) is 0 Å². The van der Waals surface area contributed by atoms with Gasteiger partial charge in [-0.2, -0.15) is 0 Å². The van der Waals surface area contributed by atoms with Crippen molar-refractivity contribution in [3.8, 4) is 0 Å². The zero-order chi connectivity index (χ0) is 13.9. The van der Waals surface area contributed by atoms with E-state index in [2.05, 4.69) is 10.6 Å². The summed E-state index contributed by atoms with van der Waals surface area (Å²) < 4.78 is 0. The van der Waals surface area contributed by atoms with Gasteiger partial charge in [0.15, 0.2) is 0 Å². The Morgan fingerprint density at radius 2 is 2.11 bits per heavy atom. The third-order valence-corrected chi connectivity index (χ3v) is 2.69. The molecule has 18 heavy (non-hydrogen) atoms. The van der Waals surface area contributed by atoms with E-state index in [4.69, 9.17) is 5.11 Å². The highest BCUT2D eigenvalue weighted by Gasteiger charge is 2.43. The number of carbonyl (C=O) groups is 3. The van der Waals surface area contributed by atoms with Gasteiger partial charge < -0.3 is 15.7 Å². The number of carbonyl (C=O) groups excluding carboxylic acids is 3. The molecule has 0 aromatic rings. The zero-order valence-electron chi connectivity index (χ0n) is 10.8. The van der Waals surface area contributed by atoms with Crippen molar-refractivity contribution in [2.75, 3.05) is 13.2 Å². The Kier molecular flexibility index (Phi) is 4.28. The van der Waals surface area contributed by atoms with Gasteiger partial charge in [0, 0.05) is 19.0 Å². The predicted molar refractivity (Wildman–Crippen MR) is 63.6 cm³/mol. The van der Waals surface area contributed by atoms with E-state index in [1.54, 1.807) is 20.8 Å². The first kappa shape index (κ1) is 14.4. The standard InChI is InChI=1S/C11H19N3O4/c1-7(6-15)12-8(16)4-5-14-9(17)11(2,3)13-10(14)18/h7,15H,4-6H2,1-3H3,(H,12,16)(H,13,18)/t7-/m0/s1. The minimum atomic E-state index is -0.911. The molecule has 4 amide bonds. The average molecular weight is 257 g/mol. The lowest BCUT2D eigenvalue weighted by molar-refractivity contribution is -0.130. The molecule has 1 aliphatic rings. The fourth-order valence-electron chi connectivity index (χ4n) is 1.63. The van der Waals surface area contributed by atoms with Crippen LogP contribution in [0.4, 0.5) is 4.79 Å². The molecule has 0 aliphatic carbocycles. The number of aliphatic hydroxyl groups excluding tert-OH is 1. The van der Waals surface area contributed by atoms with Crippen LogP contribution in [0.3, 0.4) is 0 Å². The Morgan fingerprint density at radius 1 is 1.50 bits per heavy atom. The van der Waals surface area contributed by atoms with Gasteiger partial charge in [-0.1, -0.05) is 0 Å². The molecule has 1 atom stereocenters. The molecule has 3 N–H and O–H groups in total. The van der Waals surface area contributed by atoms with E-state index < -0.39 is 11.6 Å². The number of hydrogen-bond donors (Lipinski definition) is 3. The Hall–Kier alpha value is -1.63. The molecule has 7 heteroatoms. The second-order valence-electron chi connectivity index (χ2n) is 4.91. The maximum absolute atomic E-state index is 11.8. The van der Waals surface area contributed by atoms with E-state index in [1.807, 2.05) is 0 Å². The van der Waals surface area contributed by atoms with Crippen LogP contribution in [0.15, 0.2) is 0 Å². The quantitative estimate of drug-likeness (QED) is 0.562. The minimum absolute atomic E-state index is 0.0274. The molecule has 0 unspecified atom stereocenters. The Labute approximate surface area is 106 Å². The molecule has 0 saturated carbocycles. The summed E-state index contributed by atoms with van der Waals surface area (Å²) in [6.45, 7) is 4.77. The van der Waals surface area contributed by atoms with Crippen molar-refractivity contribution in [2.24, 2.45) is 0 Å². The number of hydrogen-bond acceptors (Lipinski definition) is 4. The summed E-state index contributed by atoms with van der Waals surface area (Å²) in [7, 11) is 0. The van der Waals surface area contributed by atoms with E-state index in [-0.39, 0.29) is 37.4 Å². The lowest BCUT2D eigenvalue weighted by Crippen LogP contribution is -2.41. The molecule has 0 aromatic heterocycles. The van der Waals surface area contributed by atoms with Crippen LogP contribution in [-0.2, 0) is 9.59 Å². The van der Waals surface area contributed by atoms with Crippen LogP contribution in [-0.4, -0.2) is 52.6 Å². The van der Waals surface area contributed by atoms with Gasteiger partial charge in [-0.3, -0.25) is 14.5 Å². The number of rotatable bonds is 5. The van der Waals surface area contributed by atoms with Crippen LogP contribution in [0.1, 0.15) is 27.2 Å². The first-order valence-electron chi connectivity index (χ1n) is 5.82. The van der Waals surface area contributed by atoms with Crippen molar-refractivity contribution in [2.45, 2.75) is 38.8 Å². The van der Waals surface area contributed by atoms with Crippen LogP contribution in [0.5, 0.6) is 0 Å². The summed E-state index contributed by atoms with van der Waals surface area (Å²) in [6, 6.07) is -0.815. The van der Waals surface area contributed by atoms with Gasteiger partial charge in [-0.15, -0.1) is 0 Å². The molecule has 1 rings (SSSR count). The third-order valence-electron chi connectivity index (χ3n) is 2.69. The van der Waals surface area contributed by atoms with Gasteiger partial charge in [0.25, 0.3) is 5.91 Å². The van der Waals surface area contributed by atoms with E-state index in [9.17, 15) is 14.4 Å². The fourth-order valence-corrected chi connectivity index (χ4v) is 1.63. The fraction of sp³-hybridized carbons (Fsp3) is 0.727. The summed E-state index contributed by atoms with van der Waals surface area (Å²) in [5.74, 6) is -0.641. The third kappa shape index (κ3) is 3.19. The summed E-state index contributed by atoms with van der Waals surface area (Å²) >= 11 is 0. The summed E-state index contributed by atoms with van der Waals surface area (Å²) in [5, 5.41) is 13.9. The van der Waals surface area contributed by atoms with E-state index in [0.717, 1.165) is 4.90 Å². The number of imide groups is 1. The topological polar surface area (TPSA) is 98.7 Å². The molecule has 0 radical (unpaired) electrons. The van der Waals surface area contributed by atoms with Crippen molar-refractivity contribution in [3.05, 3.63) is 0 Å². The van der Waals surface area contributed by atoms with Gasteiger partial charge in [0.2, 0.25) is 5.91 Å². The molecular weight excluding hydrogens is 238 g/mol. The van der Waals surface area contributed by atoms with E-state index in [0.29, 0.717) is 0 Å². The first-order valence-corrected chi connectivity index (χ1v) is 5.82. The molecule has 0 aromatic carbocycles. The van der Waals surface area contributed by atoms with Gasteiger partial charge in [0.1, 0.15) is 5.54 Å². The van der Waals surface area contributed by atoms with Gasteiger partial charge >= 0.3 is 6.03 Å². The molecule has 1 aliphatic heterocycles. The highest BCUT2D eigenvalue weighted by atomic mass is 16.3. The van der Waals surface area contributed by atoms with Crippen molar-refractivity contribution in [1.29, 1.82) is 0 Å². The minimum Gasteiger partial charge on any atom is -0.394 e. The highest BCUT2D eigenvalue weighted by molar-refractivity contribution is 6.06. The van der Waals surface area contributed by atoms with Gasteiger partial charge in [-0.25, -0.2) is 4.79 Å². The monoisotopic (exact) mass is 257 g/mol. The lowest BCUT2D eigenvalue weighted by Gasteiger charge is -2.16. The molecule has 0 spiro atoms. The van der Waals surface area contributed by atoms with Crippen LogP contribution < -0.4 is 10.6 Å². The Balaban J connectivity index is 2.47. The lowest BCUT2D eigenvalue weighted by atomic mass is 10.1. The highest BCUT2D eigenvalue weighted by Crippen LogP contribution is 2.16. The number of amides is 4. The zero-order valence-corrected chi connectivity index (χ0v) is 10.8. The Bertz CT molecular complexity index is 367. The van der Waals surface area contributed by atoms with Crippen molar-refractivity contribution in [3.63, 3.8) is 0 Å². The average Bonchev–Trinajstić information content (AvgIpc) is 2.46.